The smallest absolute Gasteiger partial charge is 0.159 e. The lowest BCUT2D eigenvalue weighted by Crippen LogP contribution is -2.75. The first kappa shape index (κ1) is 33.0. The summed E-state index contributed by atoms with van der Waals surface area (Å²) in [4.78, 5) is 21.8. The van der Waals surface area contributed by atoms with Crippen molar-refractivity contribution in [2.75, 3.05) is 42.5 Å². The minimum absolute atomic E-state index is 0.210. The van der Waals surface area contributed by atoms with Crippen LogP contribution in [0, 0.1) is 5.92 Å². The Morgan fingerprint density at radius 3 is 1.82 bits per heavy atom. The Morgan fingerprint density at radius 2 is 1.14 bits per heavy atom. The molecule has 12 heteroatoms. The summed E-state index contributed by atoms with van der Waals surface area (Å²) < 4.78 is 0. The number of para-hydroxylation sites is 2. The fourth-order valence-corrected chi connectivity index (χ4v) is 15.7. The molecule has 14 atom stereocenters. The van der Waals surface area contributed by atoms with Crippen LogP contribution in [0.2, 0.25) is 17.5 Å². The predicted octanol–water partition coefficient (Wildman–Crippen LogP) is 3.49. The molecule has 2 aromatic carbocycles. The number of benzene rings is 2. The minimum Gasteiger partial charge on any atom is -0.352 e. The standard InChI is InChI=1S/C45H54BN11/c1-3-9-26(10-4-1)54-42-37(48-19-21-52-42)33-28-13-7-14-29-39(28)56(44(33)54)31-23-25(41-50-16-8-17-51-41)24-32-35(31)46(29)30-15-18-47-36-34-38-43(53-22-20-49-38)55(27-11-5-2-6-12-27)45(34)57(32)40(30)36/h1-6,8-12,16-17,25,28-32,35-40,42-43,47-49,52-53H,7,13-15,18-24H2. The Morgan fingerprint density at radius 1 is 0.561 bits per heavy atom. The van der Waals surface area contributed by atoms with Gasteiger partial charge in [-0.05, 0) is 85.6 Å². The quantitative estimate of drug-likeness (QED) is 0.254. The van der Waals surface area contributed by atoms with Gasteiger partial charge >= 0.3 is 0 Å². The third-order valence-corrected chi connectivity index (χ3v) is 17.0. The average molecular weight is 760 g/mol. The number of piperidine rings is 1. The average Bonchev–Trinajstić information content (AvgIpc) is 4.00. The molecular formula is C45H54BN11. The number of hydrogen-bond donors (Lipinski definition) is 5. The van der Waals surface area contributed by atoms with Crippen molar-refractivity contribution < 1.29 is 0 Å². The van der Waals surface area contributed by atoms with Crippen LogP contribution >= 0.6 is 0 Å². The molecule has 0 radical (unpaired) electrons. The minimum atomic E-state index is 0.210. The summed E-state index contributed by atoms with van der Waals surface area (Å²) in [5, 5.41) is 20.5. The van der Waals surface area contributed by atoms with Gasteiger partial charge in [0.2, 0.25) is 0 Å². The maximum absolute atomic E-state index is 5.06. The van der Waals surface area contributed by atoms with E-state index in [1.807, 2.05) is 18.5 Å². The molecular weight excluding hydrogens is 705 g/mol. The number of fused-ring (bicyclic) bond motifs is 12. The van der Waals surface area contributed by atoms with Crippen LogP contribution < -0.4 is 36.4 Å². The van der Waals surface area contributed by atoms with Crippen LogP contribution in [-0.4, -0.2) is 114 Å². The molecule has 14 rings (SSSR count). The zero-order chi connectivity index (χ0) is 36.9. The highest BCUT2D eigenvalue weighted by Crippen LogP contribution is 2.68. The van der Waals surface area contributed by atoms with E-state index in [-0.39, 0.29) is 12.3 Å². The molecule has 14 unspecified atom stereocenters. The van der Waals surface area contributed by atoms with Crippen LogP contribution in [0.4, 0.5) is 11.4 Å². The normalized spacial score (nSPS) is 42.0. The van der Waals surface area contributed by atoms with Crippen molar-refractivity contribution in [3.8, 4) is 0 Å². The van der Waals surface area contributed by atoms with Gasteiger partial charge in [0.15, 0.2) is 6.71 Å². The number of piperazine rings is 2. The molecule has 5 N–H and O–H groups in total. The third-order valence-electron chi connectivity index (χ3n) is 17.0. The summed E-state index contributed by atoms with van der Waals surface area (Å²) in [6.45, 7) is 5.86. The maximum atomic E-state index is 5.06. The summed E-state index contributed by atoms with van der Waals surface area (Å²) in [5.74, 6) is 6.97. The predicted molar refractivity (Wildman–Crippen MR) is 223 cm³/mol. The molecule has 1 aromatic heterocycles. The Bertz CT molecular complexity index is 2010. The number of aromatic nitrogens is 2. The van der Waals surface area contributed by atoms with Gasteiger partial charge in [0.05, 0.1) is 18.1 Å². The second kappa shape index (κ2) is 12.3. The van der Waals surface area contributed by atoms with Crippen molar-refractivity contribution in [1.82, 2.24) is 46.4 Å². The van der Waals surface area contributed by atoms with E-state index in [1.165, 1.54) is 42.9 Å². The summed E-state index contributed by atoms with van der Waals surface area (Å²) in [6.07, 6.45) is 12.0. The van der Waals surface area contributed by atoms with Crippen LogP contribution in [0.25, 0.3) is 0 Å². The van der Waals surface area contributed by atoms with Crippen molar-refractivity contribution in [2.24, 2.45) is 5.92 Å². The van der Waals surface area contributed by atoms with E-state index >= 15 is 0 Å². The van der Waals surface area contributed by atoms with E-state index < -0.39 is 0 Å². The molecule has 11 nitrogen and oxygen atoms in total. The molecule has 3 aromatic rings. The molecule has 11 aliphatic rings. The molecule has 57 heavy (non-hydrogen) atoms. The highest BCUT2D eigenvalue weighted by atomic mass is 15.5. The molecule has 292 valence electrons. The second-order valence-electron chi connectivity index (χ2n) is 19.1. The zero-order valence-corrected chi connectivity index (χ0v) is 32.6. The lowest BCUT2D eigenvalue weighted by molar-refractivity contribution is 0.0128. The van der Waals surface area contributed by atoms with E-state index in [1.54, 1.807) is 17.0 Å². The largest absolute Gasteiger partial charge is 0.352 e. The Labute approximate surface area is 336 Å². The fourth-order valence-electron chi connectivity index (χ4n) is 15.7. The molecule has 0 bridgehead atoms. The van der Waals surface area contributed by atoms with Gasteiger partial charge in [0.25, 0.3) is 0 Å². The number of rotatable bonds is 3. The second-order valence-corrected chi connectivity index (χ2v) is 19.1. The van der Waals surface area contributed by atoms with Crippen molar-refractivity contribution in [3.63, 3.8) is 0 Å². The molecule has 5 saturated heterocycles. The Kier molecular flexibility index (Phi) is 7.11. The number of anilines is 2. The lowest BCUT2D eigenvalue weighted by atomic mass is 9.18. The van der Waals surface area contributed by atoms with Crippen LogP contribution in [-0.2, 0) is 0 Å². The highest BCUT2D eigenvalue weighted by molar-refractivity contribution is 6.65. The lowest BCUT2D eigenvalue weighted by Gasteiger charge is -2.68. The fraction of sp³-hybridized carbons (Fsp3) is 0.556. The Hall–Kier alpha value is -3.94. The van der Waals surface area contributed by atoms with Crippen LogP contribution in [0.5, 0.6) is 0 Å². The van der Waals surface area contributed by atoms with E-state index in [0.29, 0.717) is 71.6 Å². The SMILES string of the molecule is c1ccc(N2C3=C(C4CCCC5B6C7CCNC8C9=C(N(c%10ccccc%10)C%10NCCNC9%10)N(C9CC(c%10ncccn%10)CC(C69)N3C54)C78)C3NCCNC32)cc1. The van der Waals surface area contributed by atoms with Gasteiger partial charge in [0.1, 0.15) is 29.8 Å². The summed E-state index contributed by atoms with van der Waals surface area (Å²) >= 11 is 0. The first-order valence-electron chi connectivity index (χ1n) is 22.5. The van der Waals surface area contributed by atoms with Gasteiger partial charge in [0, 0.05) is 91.5 Å². The number of nitrogens with zero attached hydrogens (tertiary/aromatic N) is 6. The number of nitrogens with one attached hydrogen (secondary N) is 5. The molecule has 0 amide bonds. The van der Waals surface area contributed by atoms with Crippen LogP contribution in [0.15, 0.2) is 102 Å². The molecule has 2 aliphatic carbocycles. The first-order chi connectivity index (χ1) is 28.3. The monoisotopic (exact) mass is 759 g/mol. The van der Waals surface area contributed by atoms with Crippen LogP contribution in [0.1, 0.15) is 50.3 Å². The number of hydrogen-bond acceptors (Lipinski definition) is 11. The molecule has 0 spiro atoms. The topological polar surface area (TPSA) is 98.9 Å². The van der Waals surface area contributed by atoms with E-state index in [0.717, 1.165) is 58.1 Å². The molecule has 9 aliphatic heterocycles. The van der Waals surface area contributed by atoms with Crippen molar-refractivity contribution >= 4 is 18.1 Å². The summed E-state index contributed by atoms with van der Waals surface area (Å²) in [7, 11) is 0. The van der Waals surface area contributed by atoms with Crippen LogP contribution in [0.3, 0.4) is 0 Å². The van der Waals surface area contributed by atoms with Crippen molar-refractivity contribution in [2.45, 2.75) is 117 Å². The maximum Gasteiger partial charge on any atom is 0.159 e. The van der Waals surface area contributed by atoms with E-state index in [9.17, 15) is 0 Å². The van der Waals surface area contributed by atoms with Gasteiger partial charge in [-0.2, -0.15) is 0 Å². The van der Waals surface area contributed by atoms with Crippen molar-refractivity contribution in [3.05, 3.63) is 108 Å². The molecule has 2 saturated carbocycles. The van der Waals surface area contributed by atoms with Gasteiger partial charge in [-0.3, -0.25) is 10.6 Å². The van der Waals surface area contributed by atoms with E-state index in [4.69, 9.17) is 9.97 Å². The van der Waals surface area contributed by atoms with E-state index in [2.05, 4.69) is 107 Å². The highest BCUT2D eigenvalue weighted by Gasteiger charge is 2.72. The first-order valence-corrected chi connectivity index (χ1v) is 22.5. The molecule has 10 heterocycles. The molecule has 7 fully saturated rings. The third kappa shape index (κ3) is 4.31. The zero-order valence-electron chi connectivity index (χ0n) is 32.6. The van der Waals surface area contributed by atoms with Gasteiger partial charge in [-0.25, -0.2) is 9.97 Å². The van der Waals surface area contributed by atoms with Gasteiger partial charge in [-0.15, -0.1) is 0 Å². The Balaban J connectivity index is 0.975. The van der Waals surface area contributed by atoms with Crippen molar-refractivity contribution in [1.29, 1.82) is 0 Å². The summed E-state index contributed by atoms with van der Waals surface area (Å²) in [5.41, 5.74) is 5.98. The van der Waals surface area contributed by atoms with Gasteiger partial charge < -0.3 is 35.6 Å². The van der Waals surface area contributed by atoms with Gasteiger partial charge in [-0.1, -0.05) is 49.2 Å². The summed E-state index contributed by atoms with van der Waals surface area (Å²) in [6, 6.07) is 27.6.